The molecule has 68 valence electrons. The molecule has 0 radical (unpaired) electrons. The summed E-state index contributed by atoms with van der Waals surface area (Å²) in [6, 6.07) is 3.60. The highest BCUT2D eigenvalue weighted by Crippen LogP contribution is 2.17. The minimum absolute atomic E-state index is 0.256. The third-order valence-corrected chi connectivity index (χ3v) is 2.21. The van der Waals surface area contributed by atoms with Crippen molar-refractivity contribution in [2.24, 2.45) is 7.05 Å². The van der Waals surface area contributed by atoms with Crippen LogP contribution in [-0.4, -0.2) is 26.6 Å². The van der Waals surface area contributed by atoms with E-state index in [1.54, 1.807) is 10.6 Å². The molecule has 3 nitrogen and oxygen atoms in total. The molecule has 0 spiro atoms. The Hall–Kier alpha value is -0.450. The summed E-state index contributed by atoms with van der Waals surface area (Å²) in [5, 5.41) is 18.8. The fraction of sp³-hybridized carbons (Fsp3) is 0.500. The van der Waals surface area contributed by atoms with Gasteiger partial charge in [-0.05, 0) is 12.1 Å². The lowest BCUT2D eigenvalue weighted by Gasteiger charge is -2.16. The van der Waals surface area contributed by atoms with E-state index in [4.69, 9.17) is 0 Å². The SMILES string of the molecule is Cn1cccc1C(O)C(O)CS. The number of hydrogen-bond donors (Lipinski definition) is 3. The quantitative estimate of drug-likeness (QED) is 0.598. The first kappa shape index (κ1) is 9.64. The van der Waals surface area contributed by atoms with Crippen molar-refractivity contribution in [3.05, 3.63) is 24.0 Å². The fourth-order valence-electron chi connectivity index (χ4n) is 1.08. The molecule has 1 aromatic heterocycles. The molecule has 0 aliphatic rings. The normalized spacial score (nSPS) is 16.0. The van der Waals surface area contributed by atoms with Crippen LogP contribution in [0.25, 0.3) is 0 Å². The van der Waals surface area contributed by atoms with Crippen LogP contribution in [0.3, 0.4) is 0 Å². The number of aliphatic hydroxyl groups excluding tert-OH is 2. The summed E-state index contributed by atoms with van der Waals surface area (Å²) in [5.41, 5.74) is 0.705. The Morgan fingerprint density at radius 1 is 1.58 bits per heavy atom. The summed E-state index contributed by atoms with van der Waals surface area (Å²) in [6.45, 7) is 0. The molecule has 1 heterocycles. The molecule has 2 N–H and O–H groups in total. The Morgan fingerprint density at radius 2 is 2.25 bits per heavy atom. The molecule has 2 unspecified atom stereocenters. The molecule has 0 aliphatic heterocycles. The molecule has 12 heavy (non-hydrogen) atoms. The lowest BCUT2D eigenvalue weighted by Crippen LogP contribution is -2.21. The number of aliphatic hydroxyl groups is 2. The Balaban J connectivity index is 2.77. The van der Waals surface area contributed by atoms with Crippen molar-refractivity contribution in [3.8, 4) is 0 Å². The lowest BCUT2D eigenvalue weighted by molar-refractivity contribution is 0.0293. The van der Waals surface area contributed by atoms with Crippen molar-refractivity contribution in [2.45, 2.75) is 12.2 Å². The Labute approximate surface area is 77.1 Å². The lowest BCUT2D eigenvalue weighted by atomic mass is 10.1. The summed E-state index contributed by atoms with van der Waals surface area (Å²) in [4.78, 5) is 0. The number of aromatic nitrogens is 1. The second-order valence-electron chi connectivity index (χ2n) is 2.74. The van der Waals surface area contributed by atoms with Crippen molar-refractivity contribution < 1.29 is 10.2 Å². The number of aryl methyl sites for hydroxylation is 1. The van der Waals surface area contributed by atoms with Gasteiger partial charge in [-0.25, -0.2) is 0 Å². The summed E-state index contributed by atoms with van der Waals surface area (Å²) in [7, 11) is 1.82. The van der Waals surface area contributed by atoms with E-state index in [9.17, 15) is 10.2 Å². The van der Waals surface area contributed by atoms with Gasteiger partial charge in [-0.15, -0.1) is 0 Å². The molecule has 2 atom stereocenters. The van der Waals surface area contributed by atoms with Crippen molar-refractivity contribution in [2.75, 3.05) is 5.75 Å². The maximum atomic E-state index is 9.54. The van der Waals surface area contributed by atoms with Gasteiger partial charge in [-0.1, -0.05) is 0 Å². The first-order valence-corrected chi connectivity index (χ1v) is 4.38. The van der Waals surface area contributed by atoms with Crippen molar-refractivity contribution in [1.29, 1.82) is 0 Å². The number of thiol groups is 1. The molecule has 0 amide bonds. The zero-order valence-electron chi connectivity index (χ0n) is 6.88. The van der Waals surface area contributed by atoms with Gasteiger partial charge >= 0.3 is 0 Å². The molecule has 0 aliphatic carbocycles. The van der Waals surface area contributed by atoms with E-state index in [1.807, 2.05) is 19.3 Å². The summed E-state index contributed by atoms with van der Waals surface area (Å²) < 4.78 is 1.78. The highest BCUT2D eigenvalue weighted by Gasteiger charge is 2.18. The molecular formula is C8H13NO2S. The second kappa shape index (κ2) is 3.98. The van der Waals surface area contributed by atoms with E-state index in [0.717, 1.165) is 0 Å². The Morgan fingerprint density at radius 3 is 2.67 bits per heavy atom. The van der Waals surface area contributed by atoms with E-state index in [0.29, 0.717) is 5.69 Å². The molecule has 4 heteroatoms. The predicted molar refractivity (Wildman–Crippen MR) is 50.2 cm³/mol. The largest absolute Gasteiger partial charge is 0.389 e. The number of nitrogens with zero attached hydrogens (tertiary/aromatic N) is 1. The van der Waals surface area contributed by atoms with Gasteiger partial charge in [0.25, 0.3) is 0 Å². The summed E-state index contributed by atoms with van der Waals surface area (Å²) in [5.74, 6) is 0.256. The minimum Gasteiger partial charge on any atom is -0.389 e. The van der Waals surface area contributed by atoms with Crippen LogP contribution in [0, 0.1) is 0 Å². The Bertz CT molecular complexity index is 249. The number of hydrogen-bond acceptors (Lipinski definition) is 3. The second-order valence-corrected chi connectivity index (χ2v) is 3.10. The van der Waals surface area contributed by atoms with Crippen LogP contribution in [0.2, 0.25) is 0 Å². The first-order chi connectivity index (χ1) is 5.66. The maximum Gasteiger partial charge on any atom is 0.120 e. The van der Waals surface area contributed by atoms with E-state index >= 15 is 0 Å². The maximum absolute atomic E-state index is 9.54. The van der Waals surface area contributed by atoms with Gasteiger partial charge in [0, 0.05) is 24.7 Å². The van der Waals surface area contributed by atoms with Crippen LogP contribution in [-0.2, 0) is 7.05 Å². The van der Waals surface area contributed by atoms with E-state index in [-0.39, 0.29) is 5.75 Å². The molecule has 1 rings (SSSR count). The van der Waals surface area contributed by atoms with Gasteiger partial charge in [0.15, 0.2) is 0 Å². The van der Waals surface area contributed by atoms with E-state index in [2.05, 4.69) is 12.6 Å². The van der Waals surface area contributed by atoms with Gasteiger partial charge in [0.1, 0.15) is 6.10 Å². The van der Waals surface area contributed by atoms with Crippen LogP contribution in [0.5, 0.6) is 0 Å². The highest BCUT2D eigenvalue weighted by molar-refractivity contribution is 7.80. The van der Waals surface area contributed by atoms with Crippen LogP contribution < -0.4 is 0 Å². The zero-order chi connectivity index (χ0) is 9.14. The van der Waals surface area contributed by atoms with E-state index < -0.39 is 12.2 Å². The van der Waals surface area contributed by atoms with Gasteiger partial charge in [-0.2, -0.15) is 12.6 Å². The molecule has 0 saturated heterocycles. The molecule has 0 bridgehead atoms. The van der Waals surface area contributed by atoms with Crippen LogP contribution in [0.15, 0.2) is 18.3 Å². The van der Waals surface area contributed by atoms with Gasteiger partial charge < -0.3 is 14.8 Å². The topological polar surface area (TPSA) is 45.4 Å². The average Bonchev–Trinajstić information content (AvgIpc) is 2.48. The molecule has 0 fully saturated rings. The highest BCUT2D eigenvalue weighted by atomic mass is 32.1. The monoisotopic (exact) mass is 187 g/mol. The average molecular weight is 187 g/mol. The minimum atomic E-state index is -0.845. The summed E-state index contributed by atoms with van der Waals surface area (Å²) >= 11 is 3.90. The molecular weight excluding hydrogens is 174 g/mol. The van der Waals surface area contributed by atoms with Crippen molar-refractivity contribution in [3.63, 3.8) is 0 Å². The standard InChI is InChI=1S/C8H13NO2S/c1-9-4-2-3-6(9)8(11)7(10)5-12/h2-4,7-8,10-12H,5H2,1H3. The van der Waals surface area contributed by atoms with Crippen LogP contribution in [0.1, 0.15) is 11.8 Å². The van der Waals surface area contributed by atoms with Crippen molar-refractivity contribution in [1.82, 2.24) is 4.57 Å². The molecule has 0 saturated carbocycles. The molecule has 0 aromatic carbocycles. The Kier molecular flexibility index (Phi) is 3.20. The van der Waals surface area contributed by atoms with Gasteiger partial charge in [-0.3, -0.25) is 0 Å². The van der Waals surface area contributed by atoms with Gasteiger partial charge in [0.05, 0.1) is 6.10 Å². The summed E-state index contributed by atoms with van der Waals surface area (Å²) in [6.07, 6.45) is 0.175. The molecule has 1 aromatic rings. The zero-order valence-corrected chi connectivity index (χ0v) is 7.78. The fourth-order valence-corrected chi connectivity index (χ4v) is 1.28. The third-order valence-electron chi connectivity index (χ3n) is 1.84. The van der Waals surface area contributed by atoms with Gasteiger partial charge in [0.2, 0.25) is 0 Å². The van der Waals surface area contributed by atoms with Crippen molar-refractivity contribution >= 4 is 12.6 Å². The van der Waals surface area contributed by atoms with Crippen LogP contribution >= 0.6 is 12.6 Å². The first-order valence-electron chi connectivity index (χ1n) is 3.75. The number of rotatable bonds is 3. The predicted octanol–water partition coefficient (Wildman–Crippen LogP) is 0.349. The third kappa shape index (κ3) is 1.83. The van der Waals surface area contributed by atoms with E-state index in [1.165, 1.54) is 0 Å². The smallest absolute Gasteiger partial charge is 0.120 e. The van der Waals surface area contributed by atoms with Crippen LogP contribution in [0.4, 0.5) is 0 Å².